The lowest BCUT2D eigenvalue weighted by molar-refractivity contribution is 0.0959. The van der Waals surface area contributed by atoms with Crippen LogP contribution in [0, 0.1) is 18.2 Å². The predicted molar refractivity (Wildman–Crippen MR) is 109 cm³/mol. The fourth-order valence-electron chi connectivity index (χ4n) is 2.82. The zero-order valence-electron chi connectivity index (χ0n) is 14.6. The van der Waals surface area contributed by atoms with Gasteiger partial charge in [-0.1, -0.05) is 12.0 Å². The number of thiophene rings is 1. The van der Waals surface area contributed by atoms with Crippen LogP contribution in [0.5, 0.6) is 0 Å². The van der Waals surface area contributed by atoms with E-state index in [2.05, 4.69) is 11.2 Å². The van der Waals surface area contributed by atoms with E-state index in [1.807, 2.05) is 17.5 Å². The van der Waals surface area contributed by atoms with Crippen LogP contribution < -0.4 is 5.32 Å². The highest BCUT2D eigenvalue weighted by Crippen LogP contribution is 2.33. The van der Waals surface area contributed by atoms with Gasteiger partial charge in [-0.25, -0.2) is 14.4 Å². The molecular formula is C22H14FN3OS. The SMILES string of the molecule is C#CCNC(=O)c1ccc2nc(-c3ccc(F)cc3)c(-c3cccs3)nc2c1. The average molecular weight is 387 g/mol. The normalized spacial score (nSPS) is 10.6. The minimum atomic E-state index is -0.308. The molecule has 4 nitrogen and oxygen atoms in total. The van der Waals surface area contributed by atoms with Crippen molar-refractivity contribution in [3.05, 3.63) is 71.4 Å². The molecule has 136 valence electrons. The standard InChI is InChI=1S/C22H14FN3OS/c1-2-11-24-22(27)15-7-10-17-18(13-15)26-21(19-4-3-12-28-19)20(25-17)14-5-8-16(23)9-6-14/h1,3-10,12-13H,11H2,(H,24,27). The summed E-state index contributed by atoms with van der Waals surface area (Å²) in [5, 5.41) is 4.60. The Morgan fingerprint density at radius 1 is 1.07 bits per heavy atom. The number of terminal acetylenes is 1. The van der Waals surface area contributed by atoms with Crippen LogP contribution in [0.25, 0.3) is 32.9 Å². The lowest BCUT2D eigenvalue weighted by Gasteiger charge is -2.10. The van der Waals surface area contributed by atoms with Gasteiger partial charge in [0.2, 0.25) is 0 Å². The molecule has 4 aromatic rings. The molecule has 0 bridgehead atoms. The van der Waals surface area contributed by atoms with E-state index in [-0.39, 0.29) is 18.3 Å². The minimum absolute atomic E-state index is 0.159. The van der Waals surface area contributed by atoms with Gasteiger partial charge in [0.25, 0.3) is 5.91 Å². The number of aromatic nitrogens is 2. The molecule has 1 N–H and O–H groups in total. The van der Waals surface area contributed by atoms with Gasteiger partial charge in [-0.3, -0.25) is 4.79 Å². The van der Waals surface area contributed by atoms with Gasteiger partial charge in [-0.05, 0) is 53.9 Å². The van der Waals surface area contributed by atoms with Gasteiger partial charge in [0.15, 0.2) is 0 Å². The molecular weight excluding hydrogens is 373 g/mol. The Kier molecular flexibility index (Phi) is 4.83. The van der Waals surface area contributed by atoms with E-state index >= 15 is 0 Å². The van der Waals surface area contributed by atoms with Crippen LogP contribution in [0.1, 0.15) is 10.4 Å². The van der Waals surface area contributed by atoms with Gasteiger partial charge in [0, 0.05) is 11.1 Å². The van der Waals surface area contributed by atoms with Crippen molar-refractivity contribution >= 4 is 28.3 Å². The molecule has 2 heterocycles. The summed E-state index contributed by atoms with van der Waals surface area (Å²) < 4.78 is 13.4. The number of hydrogen-bond donors (Lipinski definition) is 1. The van der Waals surface area contributed by atoms with Crippen LogP contribution in [0.3, 0.4) is 0 Å². The molecule has 0 spiro atoms. The zero-order valence-corrected chi connectivity index (χ0v) is 15.5. The zero-order chi connectivity index (χ0) is 19.5. The molecule has 0 saturated carbocycles. The van der Waals surface area contributed by atoms with E-state index in [1.165, 1.54) is 12.1 Å². The molecule has 4 rings (SSSR count). The fourth-order valence-corrected chi connectivity index (χ4v) is 3.54. The number of nitrogens with one attached hydrogen (secondary N) is 1. The number of fused-ring (bicyclic) bond motifs is 1. The number of carbonyl (C=O) groups is 1. The molecule has 2 aromatic heterocycles. The number of rotatable bonds is 4. The third-order valence-electron chi connectivity index (χ3n) is 4.15. The van der Waals surface area contributed by atoms with Crippen LogP contribution >= 0.6 is 11.3 Å². The van der Waals surface area contributed by atoms with Gasteiger partial charge in [-0.2, -0.15) is 0 Å². The molecule has 6 heteroatoms. The molecule has 0 aliphatic heterocycles. The number of benzene rings is 2. The maximum absolute atomic E-state index is 13.4. The Morgan fingerprint density at radius 2 is 1.86 bits per heavy atom. The molecule has 2 aromatic carbocycles. The van der Waals surface area contributed by atoms with Crippen LogP contribution in [0.2, 0.25) is 0 Å². The van der Waals surface area contributed by atoms with Gasteiger partial charge in [0.1, 0.15) is 11.5 Å². The van der Waals surface area contributed by atoms with E-state index in [0.717, 1.165) is 10.4 Å². The first-order valence-electron chi connectivity index (χ1n) is 8.49. The molecule has 0 unspecified atom stereocenters. The smallest absolute Gasteiger partial charge is 0.252 e. The second-order valence-corrected chi connectivity index (χ2v) is 6.94. The van der Waals surface area contributed by atoms with Crippen molar-refractivity contribution in [2.75, 3.05) is 6.54 Å². The number of hydrogen-bond acceptors (Lipinski definition) is 4. The Balaban J connectivity index is 1.87. The molecule has 0 atom stereocenters. The number of carbonyl (C=O) groups excluding carboxylic acids is 1. The summed E-state index contributed by atoms with van der Waals surface area (Å²) in [6.07, 6.45) is 5.19. The first-order valence-corrected chi connectivity index (χ1v) is 9.37. The molecule has 0 fully saturated rings. The first kappa shape index (κ1) is 17.8. The minimum Gasteiger partial charge on any atom is -0.341 e. The van der Waals surface area contributed by atoms with Crippen molar-refractivity contribution in [2.24, 2.45) is 0 Å². The highest BCUT2D eigenvalue weighted by Gasteiger charge is 2.15. The summed E-state index contributed by atoms with van der Waals surface area (Å²) >= 11 is 1.54. The third-order valence-corrected chi connectivity index (χ3v) is 5.03. The van der Waals surface area contributed by atoms with Gasteiger partial charge < -0.3 is 5.32 Å². The van der Waals surface area contributed by atoms with Crippen molar-refractivity contribution in [3.63, 3.8) is 0 Å². The van der Waals surface area contributed by atoms with Crippen LogP contribution in [-0.2, 0) is 0 Å². The van der Waals surface area contributed by atoms with Crippen molar-refractivity contribution in [2.45, 2.75) is 0 Å². The maximum atomic E-state index is 13.4. The van der Waals surface area contributed by atoms with Crippen molar-refractivity contribution in [1.29, 1.82) is 0 Å². The lowest BCUT2D eigenvalue weighted by atomic mass is 10.1. The van der Waals surface area contributed by atoms with E-state index in [1.54, 1.807) is 41.7 Å². The number of halogens is 1. The molecule has 1 amide bonds. The van der Waals surface area contributed by atoms with Gasteiger partial charge >= 0.3 is 0 Å². The molecule has 0 saturated heterocycles. The predicted octanol–water partition coefficient (Wildman–Crippen LogP) is 4.53. The van der Waals surface area contributed by atoms with Crippen LogP contribution in [-0.4, -0.2) is 22.4 Å². The Morgan fingerprint density at radius 3 is 2.57 bits per heavy atom. The highest BCUT2D eigenvalue weighted by molar-refractivity contribution is 7.13. The quantitative estimate of drug-likeness (QED) is 0.524. The largest absolute Gasteiger partial charge is 0.341 e. The van der Waals surface area contributed by atoms with Gasteiger partial charge in [0.05, 0.1) is 28.1 Å². The van der Waals surface area contributed by atoms with E-state index in [9.17, 15) is 9.18 Å². The fraction of sp³-hybridized carbons (Fsp3) is 0.0455. The van der Waals surface area contributed by atoms with Gasteiger partial charge in [-0.15, -0.1) is 17.8 Å². The van der Waals surface area contributed by atoms with Crippen LogP contribution in [0.4, 0.5) is 4.39 Å². The topological polar surface area (TPSA) is 54.9 Å². The monoisotopic (exact) mass is 387 g/mol. The van der Waals surface area contributed by atoms with E-state index in [0.29, 0.717) is 28.0 Å². The van der Waals surface area contributed by atoms with E-state index < -0.39 is 0 Å². The Labute approximate surface area is 165 Å². The summed E-state index contributed by atoms with van der Waals surface area (Å²) in [7, 11) is 0. The van der Waals surface area contributed by atoms with Crippen molar-refractivity contribution in [3.8, 4) is 34.2 Å². The van der Waals surface area contributed by atoms with Crippen LogP contribution in [0.15, 0.2) is 60.0 Å². The summed E-state index contributed by atoms with van der Waals surface area (Å²) in [5.74, 6) is 1.81. The lowest BCUT2D eigenvalue weighted by Crippen LogP contribution is -2.23. The molecule has 28 heavy (non-hydrogen) atoms. The van der Waals surface area contributed by atoms with Crippen molar-refractivity contribution in [1.82, 2.24) is 15.3 Å². The summed E-state index contributed by atoms with van der Waals surface area (Å²) in [6.45, 7) is 0.159. The number of amides is 1. The molecule has 0 radical (unpaired) electrons. The average Bonchev–Trinajstić information content (AvgIpc) is 3.26. The summed E-state index contributed by atoms with van der Waals surface area (Å²) in [4.78, 5) is 22.7. The Hall–Kier alpha value is -3.56. The second kappa shape index (κ2) is 7.59. The third kappa shape index (κ3) is 3.48. The van der Waals surface area contributed by atoms with E-state index in [4.69, 9.17) is 16.4 Å². The molecule has 0 aliphatic carbocycles. The second-order valence-electron chi connectivity index (χ2n) is 6.00. The Bertz CT molecular complexity index is 1200. The van der Waals surface area contributed by atoms with Crippen molar-refractivity contribution < 1.29 is 9.18 Å². The number of nitrogens with zero attached hydrogens (tertiary/aromatic N) is 2. The first-order chi connectivity index (χ1) is 13.7. The maximum Gasteiger partial charge on any atom is 0.252 e. The molecule has 0 aliphatic rings. The highest BCUT2D eigenvalue weighted by atomic mass is 32.1. The summed E-state index contributed by atoms with van der Waals surface area (Å²) in [6, 6.07) is 15.2. The summed E-state index contributed by atoms with van der Waals surface area (Å²) in [5.41, 5.74) is 3.84.